The minimum absolute atomic E-state index is 0. The van der Waals surface area contributed by atoms with Gasteiger partial charge < -0.3 is 29.6 Å². The molecule has 0 aliphatic carbocycles. The minimum Gasteiger partial charge on any atom is -1.00 e. The van der Waals surface area contributed by atoms with E-state index in [-0.39, 0.29) is 42.2 Å². The van der Waals surface area contributed by atoms with Gasteiger partial charge in [0.1, 0.15) is 0 Å². The normalized spacial score (nSPS) is 10.0. The van der Waals surface area contributed by atoms with Crippen LogP contribution in [0.2, 0.25) is 16.6 Å². The Kier molecular flexibility index (Phi) is 20.0. The van der Waals surface area contributed by atoms with Gasteiger partial charge in [0.25, 0.3) is 0 Å². The van der Waals surface area contributed by atoms with E-state index in [1.54, 1.807) is 0 Å². The molecule has 0 aliphatic heterocycles. The summed E-state index contributed by atoms with van der Waals surface area (Å²) >= 11 is 0. The van der Waals surface area contributed by atoms with Crippen molar-refractivity contribution in [3.05, 3.63) is 30.3 Å². The van der Waals surface area contributed by atoms with E-state index in [2.05, 4.69) is 41.5 Å². The number of halogens is 2. The average molecular weight is 362 g/mol. The predicted molar refractivity (Wildman–Crippen MR) is 75.3 cm³/mol. The van der Waals surface area contributed by atoms with Crippen molar-refractivity contribution in [1.82, 2.24) is 0 Å². The summed E-state index contributed by atoms with van der Waals surface area (Å²) in [5.74, 6) is 0. The zero-order chi connectivity index (χ0) is 12.8. The first kappa shape index (κ1) is 27.9. The molecular weight excluding hydrogens is 335 g/mol. The molecule has 0 unspecified atom stereocenters. The summed E-state index contributed by atoms with van der Waals surface area (Å²) in [4.78, 5) is 10.4. The predicted octanol–water partition coefficient (Wildman–Crippen LogP) is -1.43. The molecule has 0 aromatic heterocycles. The summed E-state index contributed by atoms with van der Waals surface area (Å²) in [6, 6.07) is 10.0. The van der Waals surface area contributed by atoms with Crippen LogP contribution < -0.4 is 24.8 Å². The molecule has 0 spiro atoms. The van der Waals surface area contributed by atoms with Crippen molar-refractivity contribution in [2.45, 2.75) is 58.2 Å². The topological polar surface area (TPSA) is 20.2 Å². The second kappa shape index (κ2) is 13.6. The summed E-state index contributed by atoms with van der Waals surface area (Å²) in [7, 11) is -1.98. The van der Waals surface area contributed by atoms with Crippen molar-refractivity contribution >= 4 is 8.32 Å². The van der Waals surface area contributed by atoms with E-state index in [1.807, 2.05) is 30.3 Å². The molecule has 0 fully saturated rings. The van der Waals surface area contributed by atoms with Crippen molar-refractivity contribution in [2.75, 3.05) is 0 Å². The summed E-state index contributed by atoms with van der Waals surface area (Å²) in [5.41, 5.74) is 1.42. The van der Waals surface area contributed by atoms with Crippen molar-refractivity contribution in [3.63, 3.8) is 0 Å². The van der Waals surface area contributed by atoms with Crippen LogP contribution in [0.25, 0.3) is 0 Å². The van der Waals surface area contributed by atoms with Gasteiger partial charge in [-0.2, -0.15) is 18.2 Å². The molecular formula is C14H27Cl2CrOSi. The monoisotopic (exact) mass is 361 g/mol. The van der Waals surface area contributed by atoms with Gasteiger partial charge in [0.2, 0.25) is 0 Å². The van der Waals surface area contributed by atoms with Crippen LogP contribution in [0.5, 0.6) is 0 Å². The van der Waals surface area contributed by atoms with Crippen molar-refractivity contribution in [1.29, 1.82) is 0 Å². The molecule has 0 heterocycles. The molecule has 1 nitrogen and oxygen atoms in total. The second-order valence-corrected chi connectivity index (χ2v) is 10.6. The smallest absolute Gasteiger partial charge is 1.00 e. The van der Waals surface area contributed by atoms with Crippen molar-refractivity contribution < 1.29 is 47.0 Å². The molecule has 0 amide bonds. The van der Waals surface area contributed by atoms with Gasteiger partial charge in [-0.3, -0.25) is 0 Å². The Balaban J connectivity index is -0.000000121. The SMILES string of the molecule is CC(C)[Si](O)(C(C)C)C(C)C.[Cl-].[Cl-].[Cr+3].c1cc[cH-]c1. The molecule has 19 heavy (non-hydrogen) atoms. The standard InChI is InChI=1S/C9H22OSi.C5H5.2ClH.Cr/c1-7(2)11(10,8(3)4)9(5)6;1-2-4-5-3-1;;;/h7-10H,1-6H3;1-5H;2*1H;/q;-1;;;+3/p-2. The maximum atomic E-state index is 10.4. The van der Waals surface area contributed by atoms with Gasteiger partial charge in [0.15, 0.2) is 8.32 Å². The summed E-state index contributed by atoms with van der Waals surface area (Å²) in [5, 5.41) is 0. The Morgan fingerprint density at radius 3 is 1.11 bits per heavy atom. The average Bonchev–Trinajstić information content (AvgIpc) is 2.73. The molecule has 1 rings (SSSR count). The maximum absolute atomic E-state index is 10.4. The molecule has 0 saturated heterocycles. The van der Waals surface area contributed by atoms with Gasteiger partial charge in [0, 0.05) is 0 Å². The molecule has 1 radical (unpaired) electrons. The maximum Gasteiger partial charge on any atom is 3.00 e. The van der Waals surface area contributed by atoms with Crippen LogP contribution in [-0.2, 0) is 17.4 Å². The fraction of sp³-hybridized carbons (Fsp3) is 0.643. The zero-order valence-electron chi connectivity index (χ0n) is 12.7. The van der Waals surface area contributed by atoms with Gasteiger partial charge in [-0.15, -0.1) is 0 Å². The molecule has 0 atom stereocenters. The van der Waals surface area contributed by atoms with Gasteiger partial charge >= 0.3 is 17.4 Å². The Hall–Kier alpha value is 0.639. The van der Waals surface area contributed by atoms with Crippen molar-refractivity contribution in [2.24, 2.45) is 0 Å². The van der Waals surface area contributed by atoms with Gasteiger partial charge in [0.05, 0.1) is 0 Å². The number of hydrogen-bond acceptors (Lipinski definition) is 1. The van der Waals surface area contributed by atoms with E-state index in [4.69, 9.17) is 0 Å². The molecule has 0 aliphatic rings. The summed E-state index contributed by atoms with van der Waals surface area (Å²) in [6.07, 6.45) is 0. The third kappa shape index (κ3) is 9.23. The van der Waals surface area contributed by atoms with E-state index >= 15 is 0 Å². The Bertz CT molecular complexity index is 225. The van der Waals surface area contributed by atoms with Crippen molar-refractivity contribution in [3.8, 4) is 0 Å². The third-order valence-corrected chi connectivity index (χ3v) is 8.88. The van der Waals surface area contributed by atoms with E-state index in [0.29, 0.717) is 16.6 Å². The van der Waals surface area contributed by atoms with Crippen LogP contribution in [0.4, 0.5) is 0 Å². The fourth-order valence-corrected chi connectivity index (χ4v) is 6.32. The molecule has 5 heteroatoms. The first-order valence-corrected chi connectivity index (χ1v) is 8.40. The van der Waals surface area contributed by atoms with Crippen LogP contribution in [0.3, 0.4) is 0 Å². The zero-order valence-corrected chi connectivity index (χ0v) is 16.5. The van der Waals surface area contributed by atoms with E-state index < -0.39 is 8.32 Å². The third-order valence-electron chi connectivity index (χ3n) is 3.33. The molecule has 1 N–H and O–H groups in total. The van der Waals surface area contributed by atoms with E-state index in [0.717, 1.165) is 0 Å². The Morgan fingerprint density at radius 1 is 0.789 bits per heavy atom. The molecule has 113 valence electrons. The van der Waals surface area contributed by atoms with Gasteiger partial charge in [-0.1, -0.05) is 41.5 Å². The summed E-state index contributed by atoms with van der Waals surface area (Å²) in [6.45, 7) is 12.9. The summed E-state index contributed by atoms with van der Waals surface area (Å²) < 4.78 is 0. The number of rotatable bonds is 3. The Morgan fingerprint density at radius 2 is 1.05 bits per heavy atom. The fourth-order valence-electron chi connectivity index (χ4n) is 2.32. The largest absolute Gasteiger partial charge is 3.00 e. The van der Waals surface area contributed by atoms with Crippen LogP contribution in [0.15, 0.2) is 30.3 Å². The number of hydrogen-bond donors (Lipinski definition) is 1. The Labute approximate surface area is 143 Å². The van der Waals surface area contributed by atoms with Crippen LogP contribution >= 0.6 is 0 Å². The first-order valence-electron chi connectivity index (χ1n) is 6.22. The quantitative estimate of drug-likeness (QED) is 0.516. The second-order valence-electron chi connectivity index (χ2n) is 5.31. The minimum atomic E-state index is -1.98. The molecule has 0 bridgehead atoms. The van der Waals surface area contributed by atoms with Crippen LogP contribution in [0, 0.1) is 0 Å². The van der Waals surface area contributed by atoms with Crippen LogP contribution in [-0.4, -0.2) is 13.1 Å². The first-order chi connectivity index (χ1) is 7.33. The molecule has 0 saturated carbocycles. The van der Waals surface area contributed by atoms with E-state index in [1.165, 1.54) is 0 Å². The molecule has 1 aromatic rings. The van der Waals surface area contributed by atoms with E-state index in [9.17, 15) is 4.80 Å². The van der Waals surface area contributed by atoms with Gasteiger partial charge in [-0.05, 0) is 16.6 Å². The van der Waals surface area contributed by atoms with Crippen LogP contribution in [0.1, 0.15) is 41.5 Å². The van der Waals surface area contributed by atoms with Gasteiger partial charge in [-0.25, -0.2) is 12.1 Å². The molecule has 1 aromatic carbocycles.